The largest absolute Gasteiger partial charge is 0.417 e. The van der Waals surface area contributed by atoms with Gasteiger partial charge in [-0.05, 0) is 54.4 Å². The highest BCUT2D eigenvalue weighted by molar-refractivity contribution is 5.98. The molecular formula is C24H22F3N7O. The van der Waals surface area contributed by atoms with E-state index in [9.17, 15) is 18.0 Å². The minimum Gasteiger partial charge on any atom is -0.383 e. The lowest BCUT2D eigenvalue weighted by atomic mass is 10.1. The Morgan fingerprint density at radius 3 is 2.43 bits per heavy atom. The van der Waals surface area contributed by atoms with Gasteiger partial charge < -0.3 is 5.73 Å². The molecule has 0 fully saturated rings. The summed E-state index contributed by atoms with van der Waals surface area (Å²) in [5, 5.41) is 3.50. The molecule has 1 aromatic carbocycles. The number of anilines is 2. The van der Waals surface area contributed by atoms with E-state index in [4.69, 9.17) is 5.73 Å². The molecule has 0 aliphatic rings. The van der Waals surface area contributed by atoms with Crippen LogP contribution in [-0.2, 0) is 19.1 Å². The number of amides is 1. The normalized spacial score (nSPS) is 11.5. The number of nitrogens with zero attached hydrogens (tertiary/aromatic N) is 6. The molecule has 1 amide bonds. The van der Waals surface area contributed by atoms with E-state index in [1.165, 1.54) is 28.5 Å². The Morgan fingerprint density at radius 1 is 1.06 bits per heavy atom. The zero-order chi connectivity index (χ0) is 25.2. The molecule has 180 valence electrons. The van der Waals surface area contributed by atoms with Gasteiger partial charge in [0.1, 0.15) is 5.82 Å². The number of alkyl halides is 3. The average Bonchev–Trinajstić information content (AvgIpc) is 2.86. The smallest absolute Gasteiger partial charge is 0.383 e. The monoisotopic (exact) mass is 481 g/mol. The second kappa shape index (κ2) is 9.53. The Kier molecular flexibility index (Phi) is 6.50. The molecule has 0 saturated heterocycles. The Hall–Kier alpha value is -4.28. The SMILES string of the molecule is CCc1cc2cc(C(=O)N(Cc3ccc(C(F)(F)F)cn3)N(C)c3ncccn3)ccc2nc1N. The van der Waals surface area contributed by atoms with Crippen LogP contribution in [-0.4, -0.2) is 37.9 Å². The van der Waals surface area contributed by atoms with Crippen LogP contribution in [0.1, 0.15) is 34.1 Å². The molecule has 0 bridgehead atoms. The maximum absolute atomic E-state index is 13.6. The first-order valence-electron chi connectivity index (χ1n) is 10.7. The van der Waals surface area contributed by atoms with Crippen LogP contribution in [0.2, 0.25) is 0 Å². The highest BCUT2D eigenvalue weighted by Crippen LogP contribution is 2.29. The lowest BCUT2D eigenvalue weighted by molar-refractivity contribution is -0.137. The molecule has 11 heteroatoms. The first-order chi connectivity index (χ1) is 16.7. The molecule has 8 nitrogen and oxygen atoms in total. The summed E-state index contributed by atoms with van der Waals surface area (Å²) < 4.78 is 38.8. The number of benzene rings is 1. The summed E-state index contributed by atoms with van der Waals surface area (Å²) in [5.74, 6) is 0.254. The van der Waals surface area contributed by atoms with Gasteiger partial charge in [-0.2, -0.15) is 13.2 Å². The van der Waals surface area contributed by atoms with Crippen molar-refractivity contribution in [3.63, 3.8) is 0 Å². The summed E-state index contributed by atoms with van der Waals surface area (Å²) in [4.78, 5) is 30.3. The quantitative estimate of drug-likeness (QED) is 0.410. The van der Waals surface area contributed by atoms with Gasteiger partial charge in [-0.3, -0.25) is 14.8 Å². The van der Waals surface area contributed by atoms with Crippen LogP contribution in [0.5, 0.6) is 0 Å². The van der Waals surface area contributed by atoms with Crippen LogP contribution >= 0.6 is 0 Å². The predicted octanol–water partition coefficient (Wildman–Crippen LogP) is 4.28. The van der Waals surface area contributed by atoms with Gasteiger partial charge in [-0.15, -0.1) is 0 Å². The van der Waals surface area contributed by atoms with Gasteiger partial charge in [-0.1, -0.05) is 6.92 Å². The summed E-state index contributed by atoms with van der Waals surface area (Å²) in [7, 11) is 1.59. The van der Waals surface area contributed by atoms with Gasteiger partial charge in [0.15, 0.2) is 0 Å². The molecule has 3 aromatic heterocycles. The van der Waals surface area contributed by atoms with Gasteiger partial charge >= 0.3 is 6.18 Å². The fourth-order valence-corrected chi connectivity index (χ4v) is 3.52. The average molecular weight is 481 g/mol. The molecule has 4 rings (SSSR count). The lowest BCUT2D eigenvalue weighted by Crippen LogP contribution is -2.45. The van der Waals surface area contributed by atoms with Gasteiger partial charge in [0, 0.05) is 36.6 Å². The maximum atomic E-state index is 13.6. The number of fused-ring (bicyclic) bond motifs is 1. The van der Waals surface area contributed by atoms with Gasteiger partial charge in [0.25, 0.3) is 5.91 Å². The number of rotatable bonds is 6. The number of hydrogen-bond acceptors (Lipinski definition) is 7. The van der Waals surface area contributed by atoms with E-state index in [1.54, 1.807) is 31.3 Å². The van der Waals surface area contributed by atoms with E-state index in [1.807, 2.05) is 13.0 Å². The van der Waals surface area contributed by atoms with E-state index in [2.05, 4.69) is 19.9 Å². The number of aromatic nitrogens is 4. The second-order valence-corrected chi connectivity index (χ2v) is 7.76. The second-order valence-electron chi connectivity index (χ2n) is 7.76. The molecule has 0 spiro atoms. The van der Waals surface area contributed by atoms with Crippen LogP contribution in [0.15, 0.2) is 61.1 Å². The number of halogens is 3. The van der Waals surface area contributed by atoms with E-state index in [-0.39, 0.29) is 18.2 Å². The van der Waals surface area contributed by atoms with Crippen LogP contribution in [0.4, 0.5) is 24.9 Å². The molecule has 2 N–H and O–H groups in total. The molecular weight excluding hydrogens is 459 g/mol. The number of carbonyl (C=O) groups is 1. The fourth-order valence-electron chi connectivity index (χ4n) is 3.52. The molecule has 0 aliphatic heterocycles. The molecule has 3 heterocycles. The van der Waals surface area contributed by atoms with Crippen molar-refractivity contribution in [2.75, 3.05) is 17.8 Å². The number of hydrogen-bond donors (Lipinski definition) is 1. The van der Waals surface area contributed by atoms with Crippen molar-refractivity contribution in [3.8, 4) is 0 Å². The third-order valence-corrected chi connectivity index (χ3v) is 5.46. The van der Waals surface area contributed by atoms with Crippen molar-refractivity contribution in [1.82, 2.24) is 24.9 Å². The van der Waals surface area contributed by atoms with Crippen molar-refractivity contribution in [2.24, 2.45) is 0 Å². The lowest BCUT2D eigenvalue weighted by Gasteiger charge is -2.31. The number of carbonyl (C=O) groups excluding carboxylic acids is 1. The minimum atomic E-state index is -4.50. The maximum Gasteiger partial charge on any atom is 0.417 e. The van der Waals surface area contributed by atoms with Gasteiger partial charge in [0.05, 0.1) is 23.3 Å². The van der Waals surface area contributed by atoms with E-state index >= 15 is 0 Å². The molecule has 0 radical (unpaired) electrons. The van der Waals surface area contributed by atoms with Crippen molar-refractivity contribution in [1.29, 1.82) is 0 Å². The van der Waals surface area contributed by atoms with E-state index < -0.39 is 17.6 Å². The number of nitrogen functional groups attached to an aromatic ring is 1. The first-order valence-corrected chi connectivity index (χ1v) is 10.7. The molecule has 0 atom stereocenters. The zero-order valence-electron chi connectivity index (χ0n) is 19.0. The Morgan fingerprint density at radius 2 is 1.80 bits per heavy atom. The third-order valence-electron chi connectivity index (χ3n) is 5.46. The highest BCUT2D eigenvalue weighted by Gasteiger charge is 2.31. The molecule has 0 unspecified atom stereocenters. The topological polar surface area (TPSA) is 101 Å². The number of nitrogens with two attached hydrogens (primary N) is 1. The molecule has 0 saturated carbocycles. The van der Waals surface area contributed by atoms with Gasteiger partial charge in [0.2, 0.25) is 5.95 Å². The zero-order valence-corrected chi connectivity index (χ0v) is 19.0. The molecule has 4 aromatic rings. The summed E-state index contributed by atoms with van der Waals surface area (Å²) >= 11 is 0. The van der Waals surface area contributed by atoms with Crippen molar-refractivity contribution in [3.05, 3.63) is 83.4 Å². The summed E-state index contributed by atoms with van der Waals surface area (Å²) in [6.07, 6.45) is -0.0236. The van der Waals surface area contributed by atoms with Crippen molar-refractivity contribution >= 4 is 28.6 Å². The minimum absolute atomic E-state index is 0.107. The first kappa shape index (κ1) is 23.9. The van der Waals surface area contributed by atoms with Crippen LogP contribution < -0.4 is 10.7 Å². The van der Waals surface area contributed by atoms with Crippen LogP contribution in [0.25, 0.3) is 10.9 Å². The summed E-state index contributed by atoms with van der Waals surface area (Å²) in [5.41, 5.74) is 7.24. The van der Waals surface area contributed by atoms with Crippen LogP contribution in [0, 0.1) is 0 Å². The van der Waals surface area contributed by atoms with Crippen molar-refractivity contribution in [2.45, 2.75) is 26.1 Å². The molecule has 0 aliphatic carbocycles. The third kappa shape index (κ3) is 5.13. The number of pyridine rings is 2. The van der Waals surface area contributed by atoms with Crippen molar-refractivity contribution < 1.29 is 18.0 Å². The highest BCUT2D eigenvalue weighted by atomic mass is 19.4. The molecule has 35 heavy (non-hydrogen) atoms. The standard InChI is InChI=1S/C24H22F3N7O/c1-3-15-11-17-12-16(5-8-20(17)32-21(15)28)22(35)34(33(2)23-29-9-4-10-30-23)14-19-7-6-18(13-31-19)24(25,26)27/h4-13H,3,14H2,1-2H3,(H2,28,32). The Labute approximate surface area is 199 Å². The van der Waals surface area contributed by atoms with Gasteiger partial charge in [-0.25, -0.2) is 20.0 Å². The Balaban J connectivity index is 1.71. The summed E-state index contributed by atoms with van der Waals surface area (Å²) in [6, 6.07) is 10.7. The fraction of sp³-hybridized carbons (Fsp3) is 0.208. The number of aryl methyl sites for hydroxylation is 1. The van der Waals surface area contributed by atoms with E-state index in [0.29, 0.717) is 23.3 Å². The predicted molar refractivity (Wildman–Crippen MR) is 125 cm³/mol. The Bertz CT molecular complexity index is 1350. The summed E-state index contributed by atoms with van der Waals surface area (Å²) in [6.45, 7) is 1.85. The number of hydrazine groups is 1. The van der Waals surface area contributed by atoms with E-state index in [0.717, 1.165) is 23.2 Å². The van der Waals surface area contributed by atoms with Crippen LogP contribution in [0.3, 0.4) is 0 Å².